The Hall–Kier alpha value is -4.19. The summed E-state index contributed by atoms with van der Waals surface area (Å²) in [7, 11) is 0. The van der Waals surface area contributed by atoms with Gasteiger partial charge in [-0.1, -0.05) is 232 Å². The minimum atomic E-state index is -0.810. The average molecular weight is 927 g/mol. The van der Waals surface area contributed by atoms with Crippen LogP contribution in [0.4, 0.5) is 0 Å². The molecule has 0 aliphatic carbocycles. The summed E-state index contributed by atoms with van der Waals surface area (Å²) in [6.45, 7) is 6.37. The Morgan fingerprint density at radius 3 is 1.06 bits per heavy atom. The number of allylic oxidation sites excluding steroid dienone is 20. The van der Waals surface area contributed by atoms with Crippen molar-refractivity contribution in [3.8, 4) is 0 Å². The van der Waals surface area contributed by atoms with Crippen LogP contribution in [-0.4, -0.2) is 37.2 Å². The van der Waals surface area contributed by atoms with E-state index in [0.717, 1.165) is 96.3 Å². The van der Waals surface area contributed by atoms with Crippen molar-refractivity contribution < 1.29 is 28.6 Å². The highest BCUT2D eigenvalue weighted by Gasteiger charge is 2.19. The molecule has 1 unspecified atom stereocenters. The van der Waals surface area contributed by atoms with Crippen LogP contribution in [0.5, 0.6) is 0 Å². The Kier molecular flexibility index (Phi) is 51.0. The molecule has 0 aliphatic rings. The molecule has 0 N–H and O–H groups in total. The van der Waals surface area contributed by atoms with E-state index in [1.54, 1.807) is 0 Å². The van der Waals surface area contributed by atoms with Crippen LogP contribution in [0.2, 0.25) is 0 Å². The molecule has 0 heterocycles. The van der Waals surface area contributed by atoms with Gasteiger partial charge in [-0.3, -0.25) is 14.4 Å². The normalized spacial score (nSPS) is 13.1. The maximum Gasteiger partial charge on any atom is 0.306 e. The molecule has 378 valence electrons. The van der Waals surface area contributed by atoms with Gasteiger partial charge >= 0.3 is 17.9 Å². The highest BCUT2D eigenvalue weighted by atomic mass is 16.6. The zero-order valence-corrected chi connectivity index (χ0v) is 43.1. The van der Waals surface area contributed by atoms with Crippen LogP contribution in [0.15, 0.2) is 122 Å². The third kappa shape index (κ3) is 52.6. The monoisotopic (exact) mass is 927 g/mol. The number of carbonyl (C=O) groups excluding carboxylic acids is 3. The fourth-order valence-corrected chi connectivity index (χ4v) is 7.02. The molecule has 0 saturated heterocycles. The average Bonchev–Trinajstić information content (AvgIpc) is 3.33. The minimum absolute atomic E-state index is 0.105. The van der Waals surface area contributed by atoms with Gasteiger partial charge < -0.3 is 14.2 Å². The molecule has 67 heavy (non-hydrogen) atoms. The molecular weight excluding hydrogens is 829 g/mol. The lowest BCUT2D eigenvalue weighted by Crippen LogP contribution is -2.30. The summed E-state index contributed by atoms with van der Waals surface area (Å²) in [5, 5.41) is 0. The summed E-state index contributed by atoms with van der Waals surface area (Å²) in [5.74, 6) is -0.973. The van der Waals surface area contributed by atoms with Crippen molar-refractivity contribution in [3.05, 3.63) is 122 Å². The van der Waals surface area contributed by atoms with Crippen LogP contribution in [0, 0.1) is 0 Å². The van der Waals surface area contributed by atoms with Gasteiger partial charge in [-0.15, -0.1) is 0 Å². The summed E-state index contributed by atoms with van der Waals surface area (Å²) < 4.78 is 16.8. The molecule has 0 aliphatic heterocycles. The lowest BCUT2D eigenvalue weighted by molar-refractivity contribution is -0.167. The zero-order valence-electron chi connectivity index (χ0n) is 43.1. The van der Waals surface area contributed by atoms with Crippen molar-refractivity contribution in [2.45, 2.75) is 232 Å². The Morgan fingerprint density at radius 1 is 0.328 bits per heavy atom. The van der Waals surface area contributed by atoms with E-state index in [1.165, 1.54) is 89.9 Å². The van der Waals surface area contributed by atoms with Crippen LogP contribution in [0.25, 0.3) is 0 Å². The first-order valence-electron chi connectivity index (χ1n) is 27.1. The first kappa shape index (κ1) is 62.8. The molecule has 0 spiro atoms. The highest BCUT2D eigenvalue weighted by molar-refractivity contribution is 5.71. The molecule has 0 fully saturated rings. The van der Waals surface area contributed by atoms with Gasteiger partial charge in [0, 0.05) is 19.3 Å². The van der Waals surface area contributed by atoms with Gasteiger partial charge in [0.15, 0.2) is 6.10 Å². The molecular formula is C61H98O6. The van der Waals surface area contributed by atoms with Gasteiger partial charge in [0.1, 0.15) is 13.2 Å². The number of hydrogen-bond acceptors (Lipinski definition) is 6. The van der Waals surface area contributed by atoms with Crippen LogP contribution in [0.1, 0.15) is 226 Å². The first-order valence-corrected chi connectivity index (χ1v) is 27.1. The molecule has 0 aromatic carbocycles. The maximum absolute atomic E-state index is 12.8. The van der Waals surface area contributed by atoms with Gasteiger partial charge in [-0.2, -0.15) is 0 Å². The standard InChI is InChI=1S/C61H98O6/c1-4-7-10-13-16-19-22-25-28-30-33-36-39-42-45-48-51-54-60(63)66-57-58(56-65-59(62)53-50-47-44-41-38-35-32-27-24-21-18-15-12-9-6-3)67-61(64)55-52-49-46-43-40-37-34-31-29-26-23-20-17-14-11-8-5-2/h7,10,13,16-22,24-30,33,36,39,58H,4-6,8-9,11-12,14-15,23,31-32,34-35,37-38,40-57H2,1-3H3/b10-7-,16-13-,20-17-,21-18-,22-19-,27-24-,28-25-,29-26-,33-30+,39-36-. The van der Waals surface area contributed by atoms with E-state index in [-0.39, 0.29) is 31.1 Å². The highest BCUT2D eigenvalue weighted by Crippen LogP contribution is 2.14. The maximum atomic E-state index is 12.8. The molecule has 0 aromatic heterocycles. The van der Waals surface area contributed by atoms with Crippen LogP contribution in [0.3, 0.4) is 0 Å². The van der Waals surface area contributed by atoms with E-state index in [4.69, 9.17) is 14.2 Å². The summed E-state index contributed by atoms with van der Waals surface area (Å²) >= 11 is 0. The number of unbranched alkanes of at least 4 members (excludes halogenated alkanes) is 22. The van der Waals surface area contributed by atoms with Crippen LogP contribution >= 0.6 is 0 Å². The summed E-state index contributed by atoms with van der Waals surface area (Å²) in [4.78, 5) is 38.1. The Bertz CT molecular complexity index is 1440. The zero-order chi connectivity index (χ0) is 48.6. The van der Waals surface area contributed by atoms with Crippen LogP contribution in [-0.2, 0) is 28.6 Å². The summed E-state index contributed by atoms with van der Waals surface area (Å²) in [6.07, 6.45) is 74.6. The number of ether oxygens (including phenoxy) is 3. The smallest absolute Gasteiger partial charge is 0.306 e. The first-order chi connectivity index (χ1) is 33.0. The Morgan fingerprint density at radius 2 is 0.642 bits per heavy atom. The fraction of sp³-hybridized carbons (Fsp3) is 0.623. The Balaban J connectivity index is 4.53. The molecule has 0 radical (unpaired) electrons. The van der Waals surface area contributed by atoms with Gasteiger partial charge in [-0.05, 0) is 96.3 Å². The number of hydrogen-bond donors (Lipinski definition) is 0. The van der Waals surface area contributed by atoms with Gasteiger partial charge in [0.05, 0.1) is 0 Å². The second-order valence-electron chi connectivity index (χ2n) is 17.6. The van der Waals surface area contributed by atoms with Crippen molar-refractivity contribution in [2.75, 3.05) is 13.2 Å². The number of carbonyl (C=O) groups is 3. The van der Waals surface area contributed by atoms with E-state index in [1.807, 2.05) is 60.8 Å². The molecule has 6 heteroatoms. The van der Waals surface area contributed by atoms with Crippen molar-refractivity contribution in [2.24, 2.45) is 0 Å². The third-order valence-electron chi connectivity index (χ3n) is 11.1. The largest absolute Gasteiger partial charge is 0.462 e. The van der Waals surface area contributed by atoms with Crippen molar-refractivity contribution >= 4 is 17.9 Å². The second-order valence-corrected chi connectivity index (χ2v) is 17.6. The van der Waals surface area contributed by atoms with Crippen molar-refractivity contribution in [1.82, 2.24) is 0 Å². The predicted molar refractivity (Wildman–Crippen MR) is 288 cm³/mol. The molecule has 0 aromatic rings. The van der Waals surface area contributed by atoms with E-state index < -0.39 is 6.10 Å². The topological polar surface area (TPSA) is 78.9 Å². The minimum Gasteiger partial charge on any atom is -0.462 e. The molecule has 6 nitrogen and oxygen atoms in total. The SMILES string of the molecule is CC\C=C/C=C\C=C/C=C\C=C\C=C/CCCCCC(=O)OCC(COC(=O)CCCCCCCC/C=C\C=C/CCCCC)OC(=O)CCCCCCCCC/C=C\C/C=C\CCCCC. The fourth-order valence-electron chi connectivity index (χ4n) is 7.02. The van der Waals surface area contributed by atoms with E-state index >= 15 is 0 Å². The van der Waals surface area contributed by atoms with Crippen LogP contribution < -0.4 is 0 Å². The predicted octanol–water partition coefficient (Wildman–Crippen LogP) is 18.1. The van der Waals surface area contributed by atoms with E-state index in [9.17, 15) is 14.4 Å². The second kappa shape index (κ2) is 54.4. The summed E-state index contributed by atoms with van der Waals surface area (Å²) in [6, 6.07) is 0. The molecule has 0 saturated carbocycles. The van der Waals surface area contributed by atoms with Crippen molar-refractivity contribution in [3.63, 3.8) is 0 Å². The summed E-state index contributed by atoms with van der Waals surface area (Å²) in [5.41, 5.74) is 0. The Labute approximate surface area is 412 Å². The lowest BCUT2D eigenvalue weighted by atomic mass is 10.1. The quantitative estimate of drug-likeness (QED) is 0.0199. The van der Waals surface area contributed by atoms with E-state index in [2.05, 4.69) is 81.5 Å². The third-order valence-corrected chi connectivity index (χ3v) is 11.1. The molecule has 0 rings (SSSR count). The molecule has 1 atom stereocenters. The number of esters is 3. The van der Waals surface area contributed by atoms with Gasteiger partial charge in [0.2, 0.25) is 0 Å². The van der Waals surface area contributed by atoms with Gasteiger partial charge in [0.25, 0.3) is 0 Å². The molecule has 0 amide bonds. The molecule has 0 bridgehead atoms. The van der Waals surface area contributed by atoms with Crippen molar-refractivity contribution in [1.29, 1.82) is 0 Å². The lowest BCUT2D eigenvalue weighted by Gasteiger charge is -2.18. The van der Waals surface area contributed by atoms with Gasteiger partial charge in [-0.25, -0.2) is 0 Å². The number of rotatable bonds is 47. The van der Waals surface area contributed by atoms with E-state index in [0.29, 0.717) is 19.3 Å².